The smallest absolute Gasteiger partial charge is 0.220 e. The van der Waals surface area contributed by atoms with Crippen molar-refractivity contribution in [1.82, 2.24) is 5.32 Å². The Morgan fingerprint density at radius 2 is 0.552 bits per heavy atom. The van der Waals surface area contributed by atoms with Crippen LogP contribution >= 0.6 is 0 Å². The minimum atomic E-state index is -0.652. The van der Waals surface area contributed by atoms with Gasteiger partial charge in [-0.15, -0.1) is 0 Å². The maximum Gasteiger partial charge on any atom is 0.220 e. The van der Waals surface area contributed by atoms with Crippen molar-refractivity contribution in [3.8, 4) is 0 Å². The molecule has 0 saturated heterocycles. The topological polar surface area (TPSA) is 69.6 Å². The highest BCUT2D eigenvalue weighted by atomic mass is 16.3. The third-order valence-electron chi connectivity index (χ3n) is 13.1. The predicted octanol–water partition coefficient (Wildman–Crippen LogP) is 17.6. The van der Waals surface area contributed by atoms with Crippen molar-refractivity contribution in [2.45, 2.75) is 334 Å². The molecule has 0 aromatic heterocycles. The first-order valence-electron chi connectivity index (χ1n) is 27.2. The Balaban J connectivity index is 3.31. The van der Waals surface area contributed by atoms with Crippen LogP contribution < -0.4 is 5.32 Å². The summed E-state index contributed by atoms with van der Waals surface area (Å²) in [5.41, 5.74) is 0. The minimum absolute atomic E-state index is 0.0249. The molecule has 0 bridgehead atoms. The van der Waals surface area contributed by atoms with Gasteiger partial charge < -0.3 is 15.5 Å². The van der Waals surface area contributed by atoms with Crippen LogP contribution in [0.4, 0.5) is 0 Å². The molecule has 0 aromatic rings. The van der Waals surface area contributed by atoms with Crippen LogP contribution in [0, 0.1) is 0 Å². The fraction of sp³-hybridized carbons (Fsp3) is 0.981. The highest BCUT2D eigenvalue weighted by molar-refractivity contribution is 5.76. The van der Waals surface area contributed by atoms with Gasteiger partial charge in [0.05, 0.1) is 18.8 Å². The van der Waals surface area contributed by atoms with Crippen LogP contribution in [0.3, 0.4) is 0 Å². The van der Waals surface area contributed by atoms with E-state index in [0.717, 1.165) is 25.7 Å². The lowest BCUT2D eigenvalue weighted by atomic mass is 10.0. The molecular weight excluding hydrogens is 711 g/mol. The van der Waals surface area contributed by atoms with Crippen LogP contribution in [-0.4, -0.2) is 34.9 Å². The Kier molecular flexibility index (Phi) is 50.2. The minimum Gasteiger partial charge on any atom is -0.394 e. The van der Waals surface area contributed by atoms with Crippen LogP contribution in [0.2, 0.25) is 0 Å². The van der Waals surface area contributed by atoms with Gasteiger partial charge >= 0.3 is 0 Å². The van der Waals surface area contributed by atoms with Crippen molar-refractivity contribution in [2.75, 3.05) is 6.61 Å². The average molecular weight is 820 g/mol. The van der Waals surface area contributed by atoms with Crippen molar-refractivity contribution in [2.24, 2.45) is 0 Å². The predicted molar refractivity (Wildman–Crippen MR) is 258 cm³/mol. The molecule has 0 aliphatic rings. The zero-order valence-electron chi connectivity index (χ0n) is 40.1. The zero-order valence-corrected chi connectivity index (χ0v) is 40.1. The van der Waals surface area contributed by atoms with E-state index in [4.69, 9.17) is 0 Å². The first-order chi connectivity index (χ1) is 28.7. The first-order valence-corrected chi connectivity index (χ1v) is 27.2. The van der Waals surface area contributed by atoms with E-state index in [-0.39, 0.29) is 12.5 Å². The second-order valence-electron chi connectivity index (χ2n) is 19.0. The highest BCUT2D eigenvalue weighted by Gasteiger charge is 2.20. The molecule has 0 heterocycles. The summed E-state index contributed by atoms with van der Waals surface area (Å²) in [5, 5.41) is 23.2. The van der Waals surface area contributed by atoms with E-state index >= 15 is 0 Å². The number of hydrogen-bond acceptors (Lipinski definition) is 3. The number of amides is 1. The van der Waals surface area contributed by atoms with E-state index in [0.29, 0.717) is 12.8 Å². The number of unbranched alkanes of at least 4 members (excludes halogenated alkanes) is 44. The van der Waals surface area contributed by atoms with Gasteiger partial charge in [-0.2, -0.15) is 0 Å². The van der Waals surface area contributed by atoms with Crippen molar-refractivity contribution in [1.29, 1.82) is 0 Å². The average Bonchev–Trinajstić information content (AvgIpc) is 3.23. The van der Waals surface area contributed by atoms with E-state index in [9.17, 15) is 15.0 Å². The standard InChI is InChI=1S/C54H109NO3/c1-3-5-7-9-11-13-15-16-17-18-19-20-21-22-23-24-25-26-27-28-29-30-31-32-33-34-35-36-37-38-40-42-44-46-48-50-54(58)55-52(51-56)53(57)49-47-45-43-41-39-14-12-10-8-6-4-2/h52-53,56-57H,3-51H2,1-2H3,(H,55,58)/t52-,53+/m0/s1. The normalized spacial score (nSPS) is 12.7. The molecule has 3 N–H and O–H groups in total. The third-order valence-corrected chi connectivity index (χ3v) is 13.1. The number of carbonyl (C=O) groups excluding carboxylic acids is 1. The molecule has 0 aliphatic carbocycles. The number of rotatable bonds is 51. The van der Waals surface area contributed by atoms with Gasteiger partial charge in [0.2, 0.25) is 5.91 Å². The van der Waals surface area contributed by atoms with Crippen molar-refractivity contribution < 1.29 is 15.0 Å². The summed E-state index contributed by atoms with van der Waals surface area (Å²) in [7, 11) is 0. The molecule has 0 unspecified atom stereocenters. The lowest BCUT2D eigenvalue weighted by Crippen LogP contribution is -2.45. The largest absolute Gasteiger partial charge is 0.394 e. The molecule has 0 fully saturated rings. The van der Waals surface area contributed by atoms with Gasteiger partial charge in [-0.3, -0.25) is 4.79 Å². The Labute approximate surface area is 365 Å². The van der Waals surface area contributed by atoms with Gasteiger partial charge in [-0.05, 0) is 12.8 Å². The summed E-state index contributed by atoms with van der Waals surface area (Å²) in [6.07, 6.45) is 63.9. The van der Waals surface area contributed by atoms with Crippen LogP contribution in [0.15, 0.2) is 0 Å². The zero-order chi connectivity index (χ0) is 42.1. The molecule has 0 aliphatic heterocycles. The number of carbonyl (C=O) groups is 1. The maximum absolute atomic E-state index is 12.4. The van der Waals surface area contributed by atoms with Crippen LogP contribution in [0.1, 0.15) is 322 Å². The van der Waals surface area contributed by atoms with E-state index in [1.165, 1.54) is 270 Å². The molecule has 58 heavy (non-hydrogen) atoms. The molecular formula is C54H109NO3. The SMILES string of the molecule is CCCCCCCCCCCCCCCCCCCCCCCCCCCCCCCCCCCCCC(=O)N[C@@H](CO)[C@H](O)CCCCCCCCCCCCC. The lowest BCUT2D eigenvalue weighted by Gasteiger charge is -2.22. The van der Waals surface area contributed by atoms with Crippen LogP contribution in [-0.2, 0) is 4.79 Å². The van der Waals surface area contributed by atoms with E-state index < -0.39 is 12.1 Å². The fourth-order valence-corrected chi connectivity index (χ4v) is 8.95. The summed E-state index contributed by atoms with van der Waals surface area (Å²) in [5.74, 6) is -0.0249. The molecule has 0 spiro atoms. The highest BCUT2D eigenvalue weighted by Crippen LogP contribution is 2.18. The molecule has 348 valence electrons. The number of aliphatic hydroxyl groups excluding tert-OH is 2. The van der Waals surface area contributed by atoms with Gasteiger partial charge in [0.1, 0.15) is 0 Å². The Bertz CT molecular complexity index is 759. The van der Waals surface area contributed by atoms with Gasteiger partial charge in [0.15, 0.2) is 0 Å². The molecule has 0 rings (SSSR count). The summed E-state index contributed by atoms with van der Waals surface area (Å²) in [6, 6.07) is -0.529. The van der Waals surface area contributed by atoms with Crippen LogP contribution in [0.25, 0.3) is 0 Å². The first kappa shape index (κ1) is 57.4. The van der Waals surface area contributed by atoms with Crippen LogP contribution in [0.5, 0.6) is 0 Å². The van der Waals surface area contributed by atoms with Gasteiger partial charge in [-0.25, -0.2) is 0 Å². The Morgan fingerprint density at radius 3 is 0.776 bits per heavy atom. The lowest BCUT2D eigenvalue weighted by molar-refractivity contribution is -0.123. The molecule has 0 radical (unpaired) electrons. The molecule has 0 aromatic carbocycles. The van der Waals surface area contributed by atoms with Gasteiger partial charge in [0, 0.05) is 6.42 Å². The van der Waals surface area contributed by atoms with Gasteiger partial charge in [0.25, 0.3) is 0 Å². The second kappa shape index (κ2) is 50.7. The van der Waals surface area contributed by atoms with E-state index in [2.05, 4.69) is 19.2 Å². The maximum atomic E-state index is 12.4. The third kappa shape index (κ3) is 46.5. The second-order valence-corrected chi connectivity index (χ2v) is 19.0. The van der Waals surface area contributed by atoms with Crippen molar-refractivity contribution in [3.63, 3.8) is 0 Å². The van der Waals surface area contributed by atoms with Crippen molar-refractivity contribution in [3.05, 3.63) is 0 Å². The summed E-state index contributed by atoms with van der Waals surface area (Å²) >= 11 is 0. The fourth-order valence-electron chi connectivity index (χ4n) is 8.95. The molecule has 4 nitrogen and oxygen atoms in total. The number of aliphatic hydroxyl groups is 2. The van der Waals surface area contributed by atoms with Crippen molar-refractivity contribution >= 4 is 5.91 Å². The summed E-state index contributed by atoms with van der Waals surface area (Å²) in [6.45, 7) is 4.38. The van der Waals surface area contributed by atoms with E-state index in [1.807, 2.05) is 0 Å². The number of hydrogen-bond donors (Lipinski definition) is 3. The summed E-state index contributed by atoms with van der Waals surface area (Å²) in [4.78, 5) is 12.4. The molecule has 4 heteroatoms. The Hall–Kier alpha value is -0.610. The van der Waals surface area contributed by atoms with Gasteiger partial charge in [-0.1, -0.05) is 303 Å². The number of nitrogens with one attached hydrogen (secondary N) is 1. The molecule has 1 amide bonds. The molecule has 0 saturated carbocycles. The Morgan fingerprint density at radius 1 is 0.345 bits per heavy atom. The summed E-state index contributed by atoms with van der Waals surface area (Å²) < 4.78 is 0. The molecule has 2 atom stereocenters. The quantitative estimate of drug-likeness (QED) is 0.0536. The van der Waals surface area contributed by atoms with E-state index in [1.54, 1.807) is 0 Å². The monoisotopic (exact) mass is 820 g/mol.